The van der Waals surface area contributed by atoms with Gasteiger partial charge in [0.05, 0.1) is 26.1 Å². The highest BCUT2D eigenvalue weighted by Gasteiger charge is 2.10. The quantitative estimate of drug-likeness (QED) is 0.590. The average molecular weight is 409 g/mol. The van der Waals surface area contributed by atoms with E-state index in [1.54, 1.807) is 26.2 Å². The van der Waals surface area contributed by atoms with Crippen molar-refractivity contribution in [1.29, 1.82) is 0 Å². The van der Waals surface area contributed by atoms with E-state index in [1.165, 1.54) is 0 Å². The number of likely N-dealkylation sites (N-methyl/N-ethyl adjacent to an activating group) is 1. The lowest BCUT2D eigenvalue weighted by Crippen LogP contribution is -2.39. The number of aromatic nitrogens is 2. The van der Waals surface area contributed by atoms with Crippen molar-refractivity contribution in [3.63, 3.8) is 0 Å². The molecule has 1 N–H and O–H groups in total. The van der Waals surface area contributed by atoms with Gasteiger partial charge in [0.1, 0.15) is 0 Å². The number of nitrogens with zero attached hydrogens (tertiary/aromatic N) is 3. The molecule has 0 aliphatic rings. The van der Waals surface area contributed by atoms with Gasteiger partial charge in [0.2, 0.25) is 0 Å². The monoisotopic (exact) mass is 408 g/mol. The van der Waals surface area contributed by atoms with Crippen LogP contribution in [0.25, 0.3) is 5.69 Å². The van der Waals surface area contributed by atoms with Gasteiger partial charge in [0.25, 0.3) is 0 Å². The maximum Gasteiger partial charge on any atom is 0.317 e. The molecule has 0 radical (unpaired) electrons. The minimum atomic E-state index is -0.0917. The Morgan fingerprint density at radius 2 is 1.80 bits per heavy atom. The number of carbonyl (C=O) groups excluding carboxylic acids is 1. The zero-order valence-corrected chi connectivity index (χ0v) is 17.7. The first kappa shape index (κ1) is 21.2. The summed E-state index contributed by atoms with van der Waals surface area (Å²) in [7, 11) is 5.02. The number of rotatable bonds is 9. The molecular weight excluding hydrogens is 380 g/mol. The Balaban J connectivity index is 1.43. The third-order valence-corrected chi connectivity index (χ3v) is 4.88. The summed E-state index contributed by atoms with van der Waals surface area (Å²) in [6.07, 6.45) is 5.28. The molecule has 0 spiro atoms. The molecule has 0 bridgehead atoms. The molecule has 1 aromatic heterocycles. The maximum absolute atomic E-state index is 12.4. The largest absolute Gasteiger partial charge is 0.493 e. The fourth-order valence-corrected chi connectivity index (χ4v) is 3.09. The van der Waals surface area contributed by atoms with Crippen LogP contribution in [-0.4, -0.2) is 55.1 Å². The molecule has 0 saturated carbocycles. The van der Waals surface area contributed by atoms with Gasteiger partial charge in [0.15, 0.2) is 11.5 Å². The minimum Gasteiger partial charge on any atom is -0.493 e. The summed E-state index contributed by atoms with van der Waals surface area (Å²) in [5.74, 6) is 1.39. The van der Waals surface area contributed by atoms with Gasteiger partial charge in [-0.2, -0.15) is 5.10 Å². The van der Waals surface area contributed by atoms with Gasteiger partial charge in [-0.3, -0.25) is 0 Å². The SMILES string of the molecule is COc1ccc(CCN(C)C(=O)NCCc2cnn(-c3ccccc3)c2)cc1OC. The van der Waals surface area contributed by atoms with Crippen LogP contribution in [0.2, 0.25) is 0 Å². The summed E-state index contributed by atoms with van der Waals surface area (Å²) >= 11 is 0. The zero-order chi connectivity index (χ0) is 21.3. The van der Waals surface area contributed by atoms with E-state index < -0.39 is 0 Å². The number of ether oxygens (including phenoxy) is 2. The molecule has 0 unspecified atom stereocenters. The fraction of sp³-hybridized carbons (Fsp3) is 0.304. The fourth-order valence-electron chi connectivity index (χ4n) is 3.09. The third-order valence-electron chi connectivity index (χ3n) is 4.88. The van der Waals surface area contributed by atoms with Gasteiger partial charge < -0.3 is 19.7 Å². The lowest BCUT2D eigenvalue weighted by molar-refractivity contribution is 0.209. The van der Waals surface area contributed by atoms with E-state index in [2.05, 4.69) is 10.4 Å². The predicted octanol–water partition coefficient (Wildman–Crippen LogP) is 3.32. The van der Waals surface area contributed by atoms with Gasteiger partial charge in [-0.25, -0.2) is 9.48 Å². The van der Waals surface area contributed by atoms with Crippen LogP contribution in [0.3, 0.4) is 0 Å². The molecule has 7 heteroatoms. The van der Waals surface area contributed by atoms with Crippen molar-refractivity contribution in [2.24, 2.45) is 0 Å². The molecule has 1 heterocycles. The van der Waals surface area contributed by atoms with E-state index in [1.807, 2.05) is 65.6 Å². The van der Waals surface area contributed by atoms with Crippen LogP contribution in [0, 0.1) is 0 Å². The van der Waals surface area contributed by atoms with Crippen molar-refractivity contribution >= 4 is 6.03 Å². The number of hydrogen-bond acceptors (Lipinski definition) is 4. The molecule has 2 amide bonds. The molecular formula is C23H28N4O3. The van der Waals surface area contributed by atoms with Crippen molar-refractivity contribution in [2.45, 2.75) is 12.8 Å². The lowest BCUT2D eigenvalue weighted by atomic mass is 10.1. The van der Waals surface area contributed by atoms with Gasteiger partial charge >= 0.3 is 6.03 Å². The summed E-state index contributed by atoms with van der Waals surface area (Å²) in [5, 5.41) is 7.35. The normalized spacial score (nSPS) is 10.5. The van der Waals surface area contributed by atoms with Crippen LogP contribution in [-0.2, 0) is 12.8 Å². The van der Waals surface area contributed by atoms with Crippen LogP contribution < -0.4 is 14.8 Å². The average Bonchev–Trinajstić information content (AvgIpc) is 3.26. The topological polar surface area (TPSA) is 68.6 Å². The van der Waals surface area contributed by atoms with Crippen LogP contribution >= 0.6 is 0 Å². The van der Waals surface area contributed by atoms with E-state index in [0.29, 0.717) is 24.6 Å². The zero-order valence-electron chi connectivity index (χ0n) is 17.7. The Hall–Kier alpha value is -3.48. The van der Waals surface area contributed by atoms with Crippen LogP contribution in [0.1, 0.15) is 11.1 Å². The van der Waals surface area contributed by atoms with Crippen molar-refractivity contribution < 1.29 is 14.3 Å². The van der Waals surface area contributed by atoms with Gasteiger partial charge in [-0.05, 0) is 48.2 Å². The molecule has 3 aromatic rings. The summed E-state index contributed by atoms with van der Waals surface area (Å²) in [5.41, 5.74) is 3.18. The molecule has 0 aliphatic heterocycles. The first-order valence-corrected chi connectivity index (χ1v) is 9.89. The molecule has 3 rings (SSSR count). The lowest BCUT2D eigenvalue weighted by Gasteiger charge is -2.18. The summed E-state index contributed by atoms with van der Waals surface area (Å²) in [6.45, 7) is 1.16. The van der Waals surface area contributed by atoms with Crippen molar-refractivity contribution in [1.82, 2.24) is 20.0 Å². The van der Waals surface area contributed by atoms with E-state index >= 15 is 0 Å². The third kappa shape index (κ3) is 5.53. The van der Waals surface area contributed by atoms with Crippen molar-refractivity contribution in [3.8, 4) is 17.2 Å². The molecule has 0 aliphatic carbocycles. The molecule has 0 saturated heterocycles. The maximum atomic E-state index is 12.4. The second-order valence-electron chi connectivity index (χ2n) is 6.97. The summed E-state index contributed by atoms with van der Waals surface area (Å²) in [4.78, 5) is 14.0. The molecule has 7 nitrogen and oxygen atoms in total. The number of nitrogens with one attached hydrogen (secondary N) is 1. The molecule has 2 aromatic carbocycles. The Kier molecular flexibility index (Phi) is 7.32. The molecule has 0 atom stereocenters. The highest BCUT2D eigenvalue weighted by molar-refractivity contribution is 5.73. The number of carbonyl (C=O) groups is 1. The van der Waals surface area contributed by atoms with E-state index in [-0.39, 0.29) is 6.03 Å². The highest BCUT2D eigenvalue weighted by Crippen LogP contribution is 2.27. The second-order valence-corrected chi connectivity index (χ2v) is 6.97. The van der Waals surface area contributed by atoms with Gasteiger partial charge in [-0.15, -0.1) is 0 Å². The van der Waals surface area contributed by atoms with Crippen molar-refractivity contribution in [3.05, 3.63) is 72.1 Å². The van der Waals surface area contributed by atoms with E-state index in [4.69, 9.17) is 9.47 Å². The number of benzene rings is 2. The Morgan fingerprint density at radius 1 is 1.03 bits per heavy atom. The smallest absolute Gasteiger partial charge is 0.317 e. The molecule has 0 fully saturated rings. The number of para-hydroxylation sites is 1. The van der Waals surface area contributed by atoms with Crippen LogP contribution in [0.5, 0.6) is 11.5 Å². The first-order valence-electron chi connectivity index (χ1n) is 9.89. The van der Waals surface area contributed by atoms with Crippen molar-refractivity contribution in [2.75, 3.05) is 34.4 Å². The number of hydrogen-bond donors (Lipinski definition) is 1. The number of amides is 2. The van der Waals surface area contributed by atoms with E-state index in [9.17, 15) is 4.79 Å². The Morgan fingerprint density at radius 3 is 2.53 bits per heavy atom. The number of urea groups is 1. The number of methoxy groups -OCH3 is 2. The Bertz CT molecular complexity index is 956. The summed E-state index contributed by atoms with van der Waals surface area (Å²) < 4.78 is 12.4. The predicted molar refractivity (Wildman–Crippen MR) is 117 cm³/mol. The first-order chi connectivity index (χ1) is 14.6. The summed E-state index contributed by atoms with van der Waals surface area (Å²) in [6, 6.07) is 15.7. The minimum absolute atomic E-state index is 0.0917. The van der Waals surface area contributed by atoms with Crippen LogP contribution in [0.4, 0.5) is 4.79 Å². The van der Waals surface area contributed by atoms with Gasteiger partial charge in [-0.1, -0.05) is 24.3 Å². The van der Waals surface area contributed by atoms with Gasteiger partial charge in [0, 0.05) is 26.3 Å². The Labute approximate surface area is 177 Å². The molecule has 30 heavy (non-hydrogen) atoms. The standard InChI is InChI=1S/C23H28N4O3/c1-26(14-12-18-9-10-21(29-2)22(15-18)30-3)23(28)24-13-11-19-16-25-27(17-19)20-7-5-4-6-8-20/h4-10,15-17H,11-14H2,1-3H3,(H,24,28). The molecule has 158 valence electrons. The highest BCUT2D eigenvalue weighted by atomic mass is 16.5. The second kappa shape index (κ2) is 10.3. The van der Waals surface area contributed by atoms with E-state index in [0.717, 1.165) is 29.7 Å². The van der Waals surface area contributed by atoms with Crippen LogP contribution in [0.15, 0.2) is 60.9 Å².